The summed E-state index contributed by atoms with van der Waals surface area (Å²) in [4.78, 5) is 4.50. The Morgan fingerprint density at radius 1 is 1.41 bits per heavy atom. The Balaban J connectivity index is 2.17. The van der Waals surface area contributed by atoms with Crippen molar-refractivity contribution in [3.63, 3.8) is 0 Å². The molecule has 1 atom stereocenters. The highest BCUT2D eigenvalue weighted by Gasteiger charge is 2.22. The summed E-state index contributed by atoms with van der Waals surface area (Å²) >= 11 is 6.07. The summed E-state index contributed by atoms with van der Waals surface area (Å²) in [6.45, 7) is 1.37. The summed E-state index contributed by atoms with van der Waals surface area (Å²) in [5, 5.41) is 11.4. The molecule has 1 aliphatic heterocycles. The summed E-state index contributed by atoms with van der Waals surface area (Å²) in [6.07, 6.45) is 0.909. The van der Waals surface area contributed by atoms with Crippen LogP contribution in [0.4, 0.5) is 0 Å². The molecule has 3 rings (SSSR count). The molecule has 4 heteroatoms. The van der Waals surface area contributed by atoms with Gasteiger partial charge in [-0.1, -0.05) is 17.7 Å². The molecule has 1 aliphatic rings. The zero-order chi connectivity index (χ0) is 11.8. The van der Waals surface area contributed by atoms with E-state index in [2.05, 4.69) is 4.98 Å². The number of rotatable bonds is 1. The molecule has 17 heavy (non-hydrogen) atoms. The number of halogens is 1. The molecule has 0 bridgehead atoms. The van der Waals surface area contributed by atoms with Gasteiger partial charge in [0.25, 0.3) is 0 Å². The molecular weight excluding hydrogens is 238 g/mol. The van der Waals surface area contributed by atoms with E-state index in [0.29, 0.717) is 11.6 Å². The summed E-state index contributed by atoms with van der Waals surface area (Å²) in [6, 6.07) is 7.26. The third kappa shape index (κ3) is 1.85. The van der Waals surface area contributed by atoms with E-state index < -0.39 is 0 Å². The lowest BCUT2D eigenvalue weighted by molar-refractivity contribution is 0.193. The fourth-order valence-electron chi connectivity index (χ4n) is 2.21. The molecule has 3 nitrogen and oxygen atoms in total. The minimum absolute atomic E-state index is 0.193. The minimum Gasteiger partial charge on any atom is -0.506 e. The molecule has 1 aromatic carbocycles. The van der Waals surface area contributed by atoms with Gasteiger partial charge in [-0.25, -0.2) is 4.98 Å². The van der Waals surface area contributed by atoms with E-state index in [-0.39, 0.29) is 11.7 Å². The van der Waals surface area contributed by atoms with Gasteiger partial charge in [-0.15, -0.1) is 0 Å². The minimum atomic E-state index is 0.193. The van der Waals surface area contributed by atoms with Crippen LogP contribution in [0.25, 0.3) is 10.9 Å². The van der Waals surface area contributed by atoms with Crippen LogP contribution in [0.5, 0.6) is 5.75 Å². The predicted molar refractivity (Wildman–Crippen MR) is 66.6 cm³/mol. The fraction of sp³-hybridized carbons (Fsp3) is 0.308. The second kappa shape index (κ2) is 4.17. The molecule has 0 spiro atoms. The molecule has 2 aromatic rings. The summed E-state index contributed by atoms with van der Waals surface area (Å²) < 4.78 is 5.33. The van der Waals surface area contributed by atoms with Crippen LogP contribution in [0.15, 0.2) is 24.3 Å². The van der Waals surface area contributed by atoms with Gasteiger partial charge in [-0.05, 0) is 24.6 Å². The van der Waals surface area contributed by atoms with Crippen LogP contribution in [0.2, 0.25) is 5.02 Å². The third-order valence-electron chi connectivity index (χ3n) is 3.13. The number of fused-ring (bicyclic) bond motifs is 1. The highest BCUT2D eigenvalue weighted by atomic mass is 35.5. The van der Waals surface area contributed by atoms with E-state index >= 15 is 0 Å². The predicted octanol–water partition coefficient (Wildman–Crippen LogP) is 3.10. The van der Waals surface area contributed by atoms with Gasteiger partial charge < -0.3 is 9.84 Å². The van der Waals surface area contributed by atoms with Crippen LogP contribution in [-0.4, -0.2) is 23.3 Å². The number of benzene rings is 1. The maximum Gasteiger partial charge on any atom is 0.138 e. The van der Waals surface area contributed by atoms with Crippen LogP contribution in [0.3, 0.4) is 0 Å². The van der Waals surface area contributed by atoms with Gasteiger partial charge in [-0.2, -0.15) is 0 Å². The first-order valence-electron chi connectivity index (χ1n) is 5.61. The van der Waals surface area contributed by atoms with Crippen LogP contribution in [0.1, 0.15) is 18.0 Å². The van der Waals surface area contributed by atoms with Gasteiger partial charge in [0, 0.05) is 17.9 Å². The van der Waals surface area contributed by atoms with Crippen molar-refractivity contribution in [3.8, 4) is 5.75 Å². The van der Waals surface area contributed by atoms with Gasteiger partial charge in [0.1, 0.15) is 5.75 Å². The average molecular weight is 250 g/mol. The van der Waals surface area contributed by atoms with Crippen molar-refractivity contribution in [1.82, 2.24) is 4.98 Å². The lowest BCUT2D eigenvalue weighted by Crippen LogP contribution is -2.01. The molecule has 1 saturated heterocycles. The second-order valence-electron chi connectivity index (χ2n) is 4.26. The molecule has 88 valence electrons. The Morgan fingerprint density at radius 2 is 2.29 bits per heavy atom. The third-order valence-corrected chi connectivity index (χ3v) is 3.46. The number of ether oxygens (including phenoxy) is 1. The highest BCUT2D eigenvalue weighted by Crippen LogP contribution is 2.34. The van der Waals surface area contributed by atoms with E-state index in [0.717, 1.165) is 29.6 Å². The van der Waals surface area contributed by atoms with Crippen molar-refractivity contribution < 1.29 is 9.84 Å². The fourth-order valence-corrected chi connectivity index (χ4v) is 2.44. The summed E-state index contributed by atoms with van der Waals surface area (Å²) in [5.74, 6) is 0.402. The average Bonchev–Trinajstić information content (AvgIpc) is 2.83. The number of pyridine rings is 1. The Bertz CT molecular complexity index is 565. The molecule has 1 aromatic heterocycles. The molecule has 2 heterocycles. The number of hydrogen-bond donors (Lipinski definition) is 1. The van der Waals surface area contributed by atoms with Gasteiger partial charge in [0.2, 0.25) is 0 Å². The van der Waals surface area contributed by atoms with Crippen LogP contribution >= 0.6 is 11.6 Å². The molecule has 0 aliphatic carbocycles. The Kier molecular flexibility index (Phi) is 2.65. The van der Waals surface area contributed by atoms with Crippen molar-refractivity contribution in [1.29, 1.82) is 0 Å². The standard InChI is InChI=1S/C13H12ClNO2/c14-10-2-1-3-11-9(10)6-12(16)13(15-11)8-4-5-17-7-8/h1-3,6,8,16H,4-5,7H2. The van der Waals surface area contributed by atoms with Crippen LogP contribution in [-0.2, 0) is 4.74 Å². The first-order chi connectivity index (χ1) is 8.25. The highest BCUT2D eigenvalue weighted by molar-refractivity contribution is 6.35. The Labute approximate surface area is 104 Å². The Morgan fingerprint density at radius 3 is 3.06 bits per heavy atom. The number of aromatic nitrogens is 1. The topological polar surface area (TPSA) is 42.4 Å². The normalized spacial score (nSPS) is 19.9. The SMILES string of the molecule is Oc1cc2c(Cl)cccc2nc1C1CCOC1. The maximum atomic E-state index is 10.0. The van der Waals surface area contributed by atoms with Gasteiger partial charge in [0.15, 0.2) is 0 Å². The Hall–Kier alpha value is -1.32. The lowest BCUT2D eigenvalue weighted by Gasteiger charge is -2.11. The molecule has 0 amide bonds. The van der Waals surface area contributed by atoms with E-state index in [4.69, 9.17) is 16.3 Å². The van der Waals surface area contributed by atoms with E-state index in [1.807, 2.05) is 12.1 Å². The van der Waals surface area contributed by atoms with Crippen molar-refractivity contribution in [2.45, 2.75) is 12.3 Å². The van der Waals surface area contributed by atoms with Crippen LogP contribution in [0, 0.1) is 0 Å². The van der Waals surface area contributed by atoms with Gasteiger partial charge >= 0.3 is 0 Å². The smallest absolute Gasteiger partial charge is 0.138 e. The maximum absolute atomic E-state index is 10.0. The van der Waals surface area contributed by atoms with Crippen molar-refractivity contribution in [2.24, 2.45) is 0 Å². The van der Waals surface area contributed by atoms with Gasteiger partial charge in [-0.3, -0.25) is 0 Å². The number of aromatic hydroxyl groups is 1. The molecule has 1 N–H and O–H groups in total. The van der Waals surface area contributed by atoms with Crippen molar-refractivity contribution in [3.05, 3.63) is 35.0 Å². The summed E-state index contributed by atoms with van der Waals surface area (Å²) in [5.41, 5.74) is 1.54. The van der Waals surface area contributed by atoms with Crippen LogP contribution < -0.4 is 0 Å². The molecule has 1 fully saturated rings. The van der Waals surface area contributed by atoms with E-state index in [1.54, 1.807) is 12.1 Å². The van der Waals surface area contributed by atoms with E-state index in [9.17, 15) is 5.11 Å². The summed E-state index contributed by atoms with van der Waals surface area (Å²) in [7, 11) is 0. The lowest BCUT2D eigenvalue weighted by atomic mass is 10.0. The molecule has 0 radical (unpaired) electrons. The first-order valence-corrected chi connectivity index (χ1v) is 5.99. The monoisotopic (exact) mass is 249 g/mol. The van der Waals surface area contributed by atoms with E-state index in [1.165, 1.54) is 0 Å². The first kappa shape index (κ1) is 10.8. The molecular formula is C13H12ClNO2. The van der Waals surface area contributed by atoms with Crippen molar-refractivity contribution in [2.75, 3.05) is 13.2 Å². The number of hydrogen-bond acceptors (Lipinski definition) is 3. The zero-order valence-corrected chi connectivity index (χ0v) is 9.94. The molecule has 1 unspecified atom stereocenters. The quantitative estimate of drug-likeness (QED) is 0.845. The van der Waals surface area contributed by atoms with Crippen molar-refractivity contribution >= 4 is 22.5 Å². The van der Waals surface area contributed by atoms with Gasteiger partial charge in [0.05, 0.1) is 22.8 Å². The zero-order valence-electron chi connectivity index (χ0n) is 9.19. The molecule has 0 saturated carbocycles. The second-order valence-corrected chi connectivity index (χ2v) is 4.67. The largest absolute Gasteiger partial charge is 0.506 e. The number of nitrogens with zero attached hydrogens (tertiary/aromatic N) is 1.